The Morgan fingerprint density at radius 2 is 0.896 bits per heavy atom. The van der Waals surface area contributed by atoms with Gasteiger partial charge in [-0.3, -0.25) is 13.8 Å². The van der Waals surface area contributed by atoms with Crippen molar-refractivity contribution in [3.8, 4) is 0 Å². The van der Waals surface area contributed by atoms with Crippen LogP contribution in [0.5, 0.6) is 0 Å². The summed E-state index contributed by atoms with van der Waals surface area (Å²) in [6.45, 7) is 4.48. The zero-order chi connectivity index (χ0) is 49.2. The number of unbranched alkanes of at least 4 members (excludes halogenated alkanes) is 6. The van der Waals surface area contributed by atoms with Crippen LogP contribution in [-0.4, -0.2) is 73.4 Å². The summed E-state index contributed by atoms with van der Waals surface area (Å²) in [5.74, 6) is -0.220. The first-order valence-electron chi connectivity index (χ1n) is 25.4. The highest BCUT2D eigenvalue weighted by atomic mass is 31.2. The molecule has 0 spiro atoms. The molecule has 1 amide bonds. The minimum absolute atomic E-state index is 0.0460. The molecule has 376 valence electrons. The average Bonchev–Trinajstić information content (AvgIpc) is 3.29. The fraction of sp³-hybridized carbons (Fsp3) is 0.534. The molecule has 0 aromatic carbocycles. The Kier molecular flexibility index (Phi) is 44.5. The highest BCUT2D eigenvalue weighted by Crippen LogP contribution is 2.43. The summed E-state index contributed by atoms with van der Waals surface area (Å²) >= 11 is 0. The van der Waals surface area contributed by atoms with Crippen molar-refractivity contribution in [2.45, 2.75) is 161 Å². The molecule has 0 aliphatic rings. The van der Waals surface area contributed by atoms with E-state index in [2.05, 4.69) is 165 Å². The maximum atomic E-state index is 12.7. The molecule has 0 saturated carbocycles. The van der Waals surface area contributed by atoms with E-state index in [1.165, 1.54) is 0 Å². The standard InChI is InChI=1S/C58H93N2O6P/c1-6-8-10-12-13-14-15-16-17-18-19-20-21-22-23-24-25-26-27-28-29-30-31-32-33-34-35-36-37-38-39-40-41-42-43-44-45-46-47-48-50-52-58(62)59-56(57(61)51-49-11-9-7-2)55-66-67(63,64)65-54-53-60(3,4)5/h8,10,13-14,16-17,19-20,22-23,25-26,28-29,31-32,34-35,37-38,40-41,43-44,49,51,56-57,61H,6-7,9,11-12,15,18,21,24,27,30,33,36,39,42,45-48,50,52-55H2,1-5H3,(H-,59,62,63,64)/p+1/b10-8-,14-13-,17-16-,20-19-,23-22-,26-25-,29-28-,32-31-,35-34-,38-37-,41-40-,44-43-,51-49+. The van der Waals surface area contributed by atoms with E-state index in [4.69, 9.17) is 9.05 Å². The predicted molar refractivity (Wildman–Crippen MR) is 290 cm³/mol. The number of rotatable bonds is 43. The molecule has 3 atom stereocenters. The van der Waals surface area contributed by atoms with Crippen molar-refractivity contribution >= 4 is 13.7 Å². The van der Waals surface area contributed by atoms with E-state index in [0.717, 1.165) is 128 Å². The van der Waals surface area contributed by atoms with Crippen molar-refractivity contribution in [3.05, 3.63) is 158 Å². The number of carbonyl (C=O) groups excluding carboxylic acids is 1. The van der Waals surface area contributed by atoms with Crippen LogP contribution in [-0.2, 0) is 18.4 Å². The summed E-state index contributed by atoms with van der Waals surface area (Å²) in [5.41, 5.74) is 0. The normalized spacial score (nSPS) is 15.4. The Morgan fingerprint density at radius 1 is 0.522 bits per heavy atom. The van der Waals surface area contributed by atoms with Crippen LogP contribution in [0.25, 0.3) is 0 Å². The van der Waals surface area contributed by atoms with Gasteiger partial charge in [-0.05, 0) is 103 Å². The molecule has 0 heterocycles. The van der Waals surface area contributed by atoms with Crippen LogP contribution < -0.4 is 5.32 Å². The van der Waals surface area contributed by atoms with Crippen LogP contribution in [0.4, 0.5) is 0 Å². The van der Waals surface area contributed by atoms with Gasteiger partial charge in [0.05, 0.1) is 39.9 Å². The second-order valence-corrected chi connectivity index (χ2v) is 18.9. The molecule has 0 bridgehead atoms. The van der Waals surface area contributed by atoms with Gasteiger partial charge in [0.15, 0.2) is 0 Å². The molecule has 67 heavy (non-hydrogen) atoms. The lowest BCUT2D eigenvalue weighted by molar-refractivity contribution is -0.870. The van der Waals surface area contributed by atoms with E-state index in [1.807, 2.05) is 27.2 Å². The van der Waals surface area contributed by atoms with Crippen LogP contribution >= 0.6 is 7.82 Å². The van der Waals surface area contributed by atoms with Crippen LogP contribution in [0.1, 0.15) is 149 Å². The number of quaternary nitrogens is 1. The molecule has 0 radical (unpaired) electrons. The maximum absolute atomic E-state index is 12.7. The van der Waals surface area contributed by atoms with Gasteiger partial charge in [0.2, 0.25) is 5.91 Å². The summed E-state index contributed by atoms with van der Waals surface area (Å²) in [6.07, 6.45) is 75.5. The van der Waals surface area contributed by atoms with Crippen molar-refractivity contribution < 1.29 is 32.9 Å². The Bertz CT molecular complexity index is 1640. The van der Waals surface area contributed by atoms with Crippen LogP contribution in [0, 0.1) is 0 Å². The summed E-state index contributed by atoms with van der Waals surface area (Å²) in [4.78, 5) is 22.9. The molecule has 0 saturated heterocycles. The van der Waals surface area contributed by atoms with E-state index < -0.39 is 20.0 Å². The molecule has 0 aliphatic carbocycles. The van der Waals surface area contributed by atoms with Crippen LogP contribution in [0.2, 0.25) is 0 Å². The summed E-state index contributed by atoms with van der Waals surface area (Å²) in [7, 11) is 1.52. The van der Waals surface area contributed by atoms with Gasteiger partial charge in [-0.15, -0.1) is 0 Å². The van der Waals surface area contributed by atoms with Gasteiger partial charge < -0.3 is 19.8 Å². The number of amides is 1. The lowest BCUT2D eigenvalue weighted by atomic mass is 10.1. The minimum atomic E-state index is -4.34. The molecule has 9 heteroatoms. The molecular formula is C58H94N2O6P+. The smallest absolute Gasteiger partial charge is 0.387 e. The Labute approximate surface area is 410 Å². The Hall–Kier alpha value is -3.88. The molecule has 0 rings (SSSR count). The van der Waals surface area contributed by atoms with Gasteiger partial charge in [-0.1, -0.05) is 198 Å². The monoisotopic (exact) mass is 946 g/mol. The second kappa shape index (κ2) is 47.2. The number of aliphatic hydroxyl groups is 1. The number of hydrogen-bond acceptors (Lipinski definition) is 5. The predicted octanol–water partition coefficient (Wildman–Crippen LogP) is 15.1. The van der Waals surface area contributed by atoms with Crippen molar-refractivity contribution in [1.82, 2.24) is 5.32 Å². The lowest BCUT2D eigenvalue weighted by Crippen LogP contribution is -2.45. The molecule has 8 nitrogen and oxygen atoms in total. The van der Waals surface area contributed by atoms with Gasteiger partial charge in [0.1, 0.15) is 13.2 Å². The summed E-state index contributed by atoms with van der Waals surface area (Å²) in [6, 6.07) is -0.867. The van der Waals surface area contributed by atoms with E-state index >= 15 is 0 Å². The Morgan fingerprint density at radius 3 is 1.28 bits per heavy atom. The highest BCUT2D eigenvalue weighted by molar-refractivity contribution is 7.47. The first-order valence-corrected chi connectivity index (χ1v) is 26.9. The quantitative estimate of drug-likeness (QED) is 0.0243. The van der Waals surface area contributed by atoms with Crippen molar-refractivity contribution in [2.75, 3.05) is 40.9 Å². The van der Waals surface area contributed by atoms with Gasteiger partial charge >= 0.3 is 7.82 Å². The van der Waals surface area contributed by atoms with Gasteiger partial charge in [-0.2, -0.15) is 0 Å². The number of carbonyl (C=O) groups is 1. The lowest BCUT2D eigenvalue weighted by Gasteiger charge is -2.25. The number of allylic oxidation sites excluding steroid dienone is 25. The molecular weight excluding hydrogens is 852 g/mol. The Balaban J connectivity index is 4.01. The number of phosphoric ester groups is 1. The highest BCUT2D eigenvalue weighted by Gasteiger charge is 2.27. The number of phosphoric acid groups is 1. The molecule has 0 aromatic rings. The number of hydrogen-bond donors (Lipinski definition) is 3. The van der Waals surface area contributed by atoms with E-state index in [9.17, 15) is 19.4 Å². The van der Waals surface area contributed by atoms with Gasteiger partial charge in [-0.25, -0.2) is 4.57 Å². The third-order valence-electron chi connectivity index (χ3n) is 10.0. The van der Waals surface area contributed by atoms with Crippen LogP contribution in [0.15, 0.2) is 158 Å². The SMILES string of the molecule is CC/C=C\C/C=C\C/C=C\C/C=C\C/C=C\C/C=C\C/C=C\C/C=C\C/C=C\C/C=C\C/C=C\C/C=C\CCCCCCC(=O)NC(COP(=O)(O)OCC[N+](C)(C)C)C(O)/C=C/CCCC. The number of nitrogens with one attached hydrogen (secondary N) is 1. The number of likely N-dealkylation sites (N-methyl/N-ethyl adjacent to an activating group) is 1. The molecule has 0 aliphatic heterocycles. The molecule has 0 fully saturated rings. The summed E-state index contributed by atoms with van der Waals surface area (Å²) < 4.78 is 23.3. The summed E-state index contributed by atoms with van der Waals surface area (Å²) in [5, 5.41) is 13.5. The molecule has 0 aromatic heterocycles. The zero-order valence-corrected chi connectivity index (χ0v) is 43.5. The van der Waals surface area contributed by atoms with E-state index in [-0.39, 0.29) is 19.1 Å². The maximum Gasteiger partial charge on any atom is 0.472 e. The van der Waals surface area contributed by atoms with Crippen molar-refractivity contribution in [3.63, 3.8) is 0 Å². The average molecular weight is 946 g/mol. The largest absolute Gasteiger partial charge is 0.472 e. The van der Waals surface area contributed by atoms with Gasteiger partial charge in [0.25, 0.3) is 0 Å². The van der Waals surface area contributed by atoms with E-state index in [0.29, 0.717) is 17.4 Å². The fourth-order valence-corrected chi connectivity index (χ4v) is 6.74. The third kappa shape index (κ3) is 49.8. The molecule has 3 N–H and O–H groups in total. The first-order chi connectivity index (χ1) is 32.5. The van der Waals surface area contributed by atoms with Crippen molar-refractivity contribution in [1.29, 1.82) is 0 Å². The fourth-order valence-electron chi connectivity index (χ4n) is 6.01. The van der Waals surface area contributed by atoms with Crippen molar-refractivity contribution in [2.24, 2.45) is 0 Å². The number of aliphatic hydroxyl groups excluding tert-OH is 1. The van der Waals surface area contributed by atoms with Crippen LogP contribution in [0.3, 0.4) is 0 Å². The topological polar surface area (TPSA) is 105 Å². The third-order valence-corrected chi connectivity index (χ3v) is 11.0. The van der Waals surface area contributed by atoms with E-state index in [1.54, 1.807) is 6.08 Å². The second-order valence-electron chi connectivity index (χ2n) is 17.5. The number of nitrogens with zero attached hydrogens (tertiary/aromatic N) is 1. The van der Waals surface area contributed by atoms with Gasteiger partial charge in [0, 0.05) is 6.42 Å². The minimum Gasteiger partial charge on any atom is -0.387 e. The zero-order valence-electron chi connectivity index (χ0n) is 42.6. The first kappa shape index (κ1) is 63.1. The molecule has 3 unspecified atom stereocenters.